The maximum absolute atomic E-state index is 15.6. The Balaban J connectivity index is 1.70. The van der Waals surface area contributed by atoms with E-state index in [-0.39, 0.29) is 25.9 Å². The zero-order chi connectivity index (χ0) is 23.0. The molecule has 0 spiro atoms. The lowest BCUT2D eigenvalue weighted by molar-refractivity contribution is 0.116. The topological polar surface area (TPSA) is 97.2 Å². The lowest BCUT2D eigenvalue weighted by Gasteiger charge is -2.37. The fourth-order valence-corrected chi connectivity index (χ4v) is 5.42. The highest BCUT2D eigenvalue weighted by Gasteiger charge is 2.50. The summed E-state index contributed by atoms with van der Waals surface area (Å²) >= 11 is 0. The van der Waals surface area contributed by atoms with Crippen molar-refractivity contribution in [1.29, 1.82) is 0 Å². The first kappa shape index (κ1) is 23.0. The van der Waals surface area contributed by atoms with Gasteiger partial charge in [0.15, 0.2) is 0 Å². The number of nitrogens with one attached hydrogen (secondary N) is 1. The SMILES string of the molecule is Cc1ccc(NC(=O)N2CCC(C(C)(F)S(=O)(=O)c3cn(C)nc3C(F)F)CC2)cn1. The van der Waals surface area contributed by atoms with E-state index in [1.54, 1.807) is 12.1 Å². The highest BCUT2D eigenvalue weighted by atomic mass is 32.2. The van der Waals surface area contributed by atoms with Crippen molar-refractivity contribution in [3.05, 3.63) is 35.9 Å². The lowest BCUT2D eigenvalue weighted by Crippen LogP contribution is -2.48. The van der Waals surface area contributed by atoms with Gasteiger partial charge in [-0.25, -0.2) is 26.4 Å². The second-order valence-corrected chi connectivity index (χ2v) is 9.97. The van der Waals surface area contributed by atoms with Crippen molar-refractivity contribution in [2.45, 2.75) is 43.0 Å². The third-order valence-corrected chi connectivity index (χ3v) is 7.80. The van der Waals surface area contributed by atoms with Gasteiger partial charge in [-0.2, -0.15) is 5.10 Å². The second kappa shape index (κ2) is 8.48. The number of amides is 2. The molecule has 0 bridgehead atoms. The summed E-state index contributed by atoms with van der Waals surface area (Å²) in [5.74, 6) is -0.965. The molecule has 2 aromatic heterocycles. The van der Waals surface area contributed by atoms with Crippen LogP contribution in [0.25, 0.3) is 0 Å². The molecule has 1 aliphatic heterocycles. The molecule has 8 nitrogen and oxygen atoms in total. The van der Waals surface area contributed by atoms with Crippen molar-refractivity contribution in [2.24, 2.45) is 13.0 Å². The maximum Gasteiger partial charge on any atom is 0.321 e. The smallest absolute Gasteiger partial charge is 0.321 e. The van der Waals surface area contributed by atoms with E-state index in [4.69, 9.17) is 0 Å². The average molecular weight is 459 g/mol. The largest absolute Gasteiger partial charge is 0.325 e. The van der Waals surface area contributed by atoms with Crippen molar-refractivity contribution in [2.75, 3.05) is 18.4 Å². The van der Waals surface area contributed by atoms with Gasteiger partial charge in [0.1, 0.15) is 10.6 Å². The number of halogens is 3. The van der Waals surface area contributed by atoms with Crippen LogP contribution in [-0.4, -0.2) is 52.2 Å². The molecular weight excluding hydrogens is 435 g/mol. The number of nitrogens with zero attached hydrogens (tertiary/aromatic N) is 4. The van der Waals surface area contributed by atoms with E-state index in [9.17, 15) is 22.0 Å². The van der Waals surface area contributed by atoms with Crippen LogP contribution in [0.15, 0.2) is 29.4 Å². The van der Waals surface area contributed by atoms with Gasteiger partial charge in [0.05, 0.1) is 11.9 Å². The first-order valence-corrected chi connectivity index (χ1v) is 11.2. The quantitative estimate of drug-likeness (QED) is 0.739. The number of aryl methyl sites for hydroxylation is 2. The summed E-state index contributed by atoms with van der Waals surface area (Å²) in [5, 5.41) is 3.37. The summed E-state index contributed by atoms with van der Waals surface area (Å²) in [7, 11) is -3.45. The Kier molecular flexibility index (Phi) is 6.30. The van der Waals surface area contributed by atoms with Gasteiger partial charge in [0.25, 0.3) is 6.43 Å². The van der Waals surface area contributed by atoms with E-state index >= 15 is 4.39 Å². The molecule has 31 heavy (non-hydrogen) atoms. The van der Waals surface area contributed by atoms with Crippen molar-refractivity contribution < 1.29 is 26.4 Å². The number of carbonyl (C=O) groups excluding carboxylic acids is 1. The first-order chi connectivity index (χ1) is 14.4. The number of anilines is 1. The predicted molar refractivity (Wildman–Crippen MR) is 107 cm³/mol. The molecule has 1 fully saturated rings. The van der Waals surface area contributed by atoms with E-state index in [1.807, 2.05) is 6.92 Å². The number of hydrogen-bond acceptors (Lipinski definition) is 5. The number of hydrogen-bond donors (Lipinski definition) is 1. The molecule has 1 unspecified atom stereocenters. The van der Waals surface area contributed by atoms with Gasteiger partial charge in [-0.15, -0.1) is 0 Å². The molecule has 1 atom stereocenters. The van der Waals surface area contributed by atoms with Crippen LogP contribution in [0.2, 0.25) is 0 Å². The van der Waals surface area contributed by atoms with Gasteiger partial charge in [0, 0.05) is 37.9 Å². The summed E-state index contributed by atoms with van der Waals surface area (Å²) in [6.45, 7) is 2.95. The molecule has 170 valence electrons. The summed E-state index contributed by atoms with van der Waals surface area (Å²) in [4.78, 5) is 17.2. The number of pyridine rings is 1. The fraction of sp³-hybridized carbons (Fsp3) is 0.526. The Morgan fingerprint density at radius 1 is 1.29 bits per heavy atom. The van der Waals surface area contributed by atoms with E-state index in [0.29, 0.717) is 5.69 Å². The van der Waals surface area contributed by atoms with Gasteiger partial charge >= 0.3 is 6.03 Å². The molecule has 2 amide bonds. The normalized spacial score (nSPS) is 17.6. The lowest BCUT2D eigenvalue weighted by atomic mass is 9.92. The van der Waals surface area contributed by atoms with Gasteiger partial charge in [-0.1, -0.05) is 0 Å². The molecule has 1 aliphatic rings. The first-order valence-electron chi connectivity index (χ1n) is 9.67. The summed E-state index contributed by atoms with van der Waals surface area (Å²) in [5.41, 5.74) is 0.340. The second-order valence-electron chi connectivity index (χ2n) is 7.72. The van der Waals surface area contributed by atoms with E-state index < -0.39 is 43.8 Å². The zero-order valence-electron chi connectivity index (χ0n) is 17.3. The zero-order valence-corrected chi connectivity index (χ0v) is 18.2. The number of piperidine rings is 1. The average Bonchev–Trinajstić information content (AvgIpc) is 3.12. The minimum Gasteiger partial charge on any atom is -0.325 e. The van der Waals surface area contributed by atoms with E-state index in [1.165, 1.54) is 18.1 Å². The van der Waals surface area contributed by atoms with Crippen LogP contribution in [0.1, 0.15) is 37.6 Å². The molecule has 1 N–H and O–H groups in total. The molecule has 3 heterocycles. The summed E-state index contributed by atoms with van der Waals surface area (Å²) < 4.78 is 68.8. The van der Waals surface area contributed by atoms with E-state index in [0.717, 1.165) is 23.5 Å². The number of urea groups is 1. The Hall–Kier alpha value is -2.63. The van der Waals surface area contributed by atoms with Gasteiger partial charge in [-0.05, 0) is 38.8 Å². The van der Waals surface area contributed by atoms with Crippen molar-refractivity contribution in [1.82, 2.24) is 19.7 Å². The highest BCUT2D eigenvalue weighted by molar-refractivity contribution is 7.92. The third kappa shape index (κ3) is 4.53. The maximum atomic E-state index is 15.6. The minimum atomic E-state index is -4.74. The Morgan fingerprint density at radius 2 is 1.94 bits per heavy atom. The van der Waals surface area contributed by atoms with Gasteiger partial charge < -0.3 is 10.2 Å². The van der Waals surface area contributed by atoms with Crippen LogP contribution in [0.5, 0.6) is 0 Å². The number of alkyl halides is 3. The molecule has 1 saturated heterocycles. The van der Waals surface area contributed by atoms with Gasteiger partial charge in [-0.3, -0.25) is 9.67 Å². The number of likely N-dealkylation sites (tertiary alicyclic amines) is 1. The minimum absolute atomic E-state index is 0.0655. The van der Waals surface area contributed by atoms with Crippen LogP contribution in [0, 0.1) is 12.8 Å². The molecule has 3 rings (SSSR count). The molecule has 12 heteroatoms. The standard InChI is InChI=1S/C19H24F3N5O3S/c1-12-4-5-14(10-23-12)24-18(28)27-8-6-13(7-9-27)19(2,22)31(29,30)15-11-26(3)25-16(15)17(20)21/h4-5,10-11,13,17H,6-9H2,1-3H3,(H,24,28). The number of rotatable bonds is 5. The predicted octanol–water partition coefficient (Wildman–Crippen LogP) is 3.46. The number of aromatic nitrogens is 3. The monoisotopic (exact) mass is 459 g/mol. The van der Waals surface area contributed by atoms with Crippen LogP contribution in [-0.2, 0) is 16.9 Å². The molecule has 0 aromatic carbocycles. The molecule has 0 aliphatic carbocycles. The Labute approximate surface area is 178 Å². The van der Waals surface area contributed by atoms with Crippen molar-refractivity contribution >= 4 is 21.6 Å². The van der Waals surface area contributed by atoms with E-state index in [2.05, 4.69) is 15.4 Å². The molecule has 0 radical (unpaired) electrons. The van der Waals surface area contributed by atoms with Crippen LogP contribution < -0.4 is 5.32 Å². The Bertz CT molecular complexity index is 1050. The summed E-state index contributed by atoms with van der Waals surface area (Å²) in [6, 6.07) is 3.04. The van der Waals surface area contributed by atoms with Crippen LogP contribution in [0.4, 0.5) is 23.7 Å². The number of carbonyl (C=O) groups is 1. The molecular formula is C19H24F3N5O3S. The molecule has 2 aromatic rings. The fourth-order valence-electron chi connectivity index (χ4n) is 3.62. The third-order valence-electron chi connectivity index (χ3n) is 5.52. The summed E-state index contributed by atoms with van der Waals surface area (Å²) in [6.07, 6.45) is -0.609. The van der Waals surface area contributed by atoms with Crippen LogP contribution in [0.3, 0.4) is 0 Å². The van der Waals surface area contributed by atoms with Crippen molar-refractivity contribution in [3.63, 3.8) is 0 Å². The Morgan fingerprint density at radius 3 is 2.48 bits per heavy atom. The van der Waals surface area contributed by atoms with Crippen LogP contribution >= 0.6 is 0 Å². The number of sulfone groups is 1. The highest BCUT2D eigenvalue weighted by Crippen LogP contribution is 2.41. The molecule has 0 saturated carbocycles. The van der Waals surface area contributed by atoms with Crippen molar-refractivity contribution in [3.8, 4) is 0 Å². The van der Waals surface area contributed by atoms with Gasteiger partial charge in [0.2, 0.25) is 14.8 Å².